The zero-order valence-electron chi connectivity index (χ0n) is 17.6. The van der Waals surface area contributed by atoms with E-state index in [4.69, 9.17) is 11.5 Å². The topological polar surface area (TPSA) is 206 Å². The van der Waals surface area contributed by atoms with E-state index < -0.39 is 17.9 Å². The molecule has 0 radical (unpaired) electrons. The highest BCUT2D eigenvalue weighted by Gasteiger charge is 2.21. The molecule has 8 N–H and O–H groups in total. The van der Waals surface area contributed by atoms with Crippen molar-refractivity contribution in [1.82, 2.24) is 31.3 Å². The highest BCUT2D eigenvalue weighted by atomic mass is 16.2. The molecular weight excluding hydrogens is 416 g/mol. The summed E-state index contributed by atoms with van der Waals surface area (Å²) in [6.07, 6.45) is 1.53. The smallest absolute Gasteiger partial charge is 0.269 e. The van der Waals surface area contributed by atoms with Gasteiger partial charge in [0.25, 0.3) is 5.95 Å². The van der Waals surface area contributed by atoms with Gasteiger partial charge in [0.05, 0.1) is 0 Å². The summed E-state index contributed by atoms with van der Waals surface area (Å²) in [6.45, 7) is 0.904. The molecular formula is C19H28N10O3. The van der Waals surface area contributed by atoms with Crippen LogP contribution in [0.1, 0.15) is 31.2 Å². The SMILES string of the molecule is NC(N)=NCCCCNC(=O)[C@H](Cc1ccccc1)NC(=O)CCC(=O)Nc1nn[nH]n1. The second kappa shape index (κ2) is 13.3. The number of aliphatic imine (C=N–C) groups is 1. The number of amides is 3. The summed E-state index contributed by atoms with van der Waals surface area (Å²) >= 11 is 0. The van der Waals surface area contributed by atoms with E-state index in [1.807, 2.05) is 30.3 Å². The lowest BCUT2D eigenvalue weighted by Crippen LogP contribution is -2.48. The molecule has 1 aromatic heterocycles. The molecule has 0 aliphatic heterocycles. The third-order valence-electron chi connectivity index (χ3n) is 4.29. The van der Waals surface area contributed by atoms with Crippen LogP contribution in [0.25, 0.3) is 0 Å². The lowest BCUT2D eigenvalue weighted by molar-refractivity contribution is -0.129. The van der Waals surface area contributed by atoms with Gasteiger partial charge in [-0.1, -0.05) is 35.4 Å². The monoisotopic (exact) mass is 444 g/mol. The number of nitrogens with two attached hydrogens (primary N) is 2. The van der Waals surface area contributed by atoms with Crippen LogP contribution in [0.2, 0.25) is 0 Å². The van der Waals surface area contributed by atoms with Crippen molar-refractivity contribution < 1.29 is 14.4 Å². The second-order valence-electron chi connectivity index (χ2n) is 6.90. The molecule has 13 nitrogen and oxygen atoms in total. The van der Waals surface area contributed by atoms with Crippen LogP contribution in [0.4, 0.5) is 5.95 Å². The highest BCUT2D eigenvalue weighted by Crippen LogP contribution is 2.05. The minimum atomic E-state index is -0.775. The largest absolute Gasteiger partial charge is 0.370 e. The lowest BCUT2D eigenvalue weighted by Gasteiger charge is -2.19. The van der Waals surface area contributed by atoms with Crippen molar-refractivity contribution in [2.75, 3.05) is 18.4 Å². The number of benzene rings is 1. The molecule has 0 saturated carbocycles. The first-order valence-corrected chi connectivity index (χ1v) is 10.1. The maximum absolute atomic E-state index is 12.7. The van der Waals surface area contributed by atoms with E-state index in [2.05, 4.69) is 41.6 Å². The van der Waals surface area contributed by atoms with Crippen LogP contribution in [-0.2, 0) is 20.8 Å². The van der Waals surface area contributed by atoms with E-state index in [1.54, 1.807) is 0 Å². The number of H-pyrrole nitrogens is 1. The fraction of sp³-hybridized carbons (Fsp3) is 0.421. The Kier molecular flexibility index (Phi) is 10.1. The summed E-state index contributed by atoms with van der Waals surface area (Å²) in [5, 5.41) is 20.7. The second-order valence-corrected chi connectivity index (χ2v) is 6.90. The van der Waals surface area contributed by atoms with Gasteiger partial charge in [-0.25, -0.2) is 0 Å². The van der Waals surface area contributed by atoms with Crippen molar-refractivity contribution in [3.05, 3.63) is 35.9 Å². The van der Waals surface area contributed by atoms with Crippen LogP contribution in [0.15, 0.2) is 35.3 Å². The van der Waals surface area contributed by atoms with Gasteiger partial charge < -0.3 is 22.1 Å². The van der Waals surface area contributed by atoms with Crippen molar-refractivity contribution in [2.45, 2.75) is 38.1 Å². The average Bonchev–Trinajstić information content (AvgIpc) is 3.27. The number of nitrogens with zero attached hydrogens (tertiary/aromatic N) is 4. The molecule has 172 valence electrons. The number of unbranched alkanes of at least 4 members (excludes halogenated alkanes) is 1. The number of tetrazole rings is 1. The summed E-state index contributed by atoms with van der Waals surface area (Å²) < 4.78 is 0. The zero-order chi connectivity index (χ0) is 23.2. The summed E-state index contributed by atoms with van der Waals surface area (Å²) in [5.74, 6) is -1.11. The fourth-order valence-corrected chi connectivity index (χ4v) is 2.73. The van der Waals surface area contributed by atoms with Crippen LogP contribution < -0.4 is 27.4 Å². The molecule has 1 heterocycles. The van der Waals surface area contributed by atoms with E-state index in [9.17, 15) is 14.4 Å². The van der Waals surface area contributed by atoms with E-state index in [1.165, 1.54) is 0 Å². The van der Waals surface area contributed by atoms with Gasteiger partial charge in [-0.15, -0.1) is 5.10 Å². The van der Waals surface area contributed by atoms with Gasteiger partial charge in [0, 0.05) is 32.4 Å². The number of nitrogens with one attached hydrogen (secondary N) is 4. The molecule has 0 aliphatic rings. The Hall–Kier alpha value is -4.03. The molecule has 2 aromatic rings. The summed E-state index contributed by atoms with van der Waals surface area (Å²) in [4.78, 5) is 40.8. The number of hydrogen-bond donors (Lipinski definition) is 6. The van der Waals surface area contributed by atoms with Crippen LogP contribution in [0.3, 0.4) is 0 Å². The van der Waals surface area contributed by atoms with Gasteiger partial charge in [-0.2, -0.15) is 5.21 Å². The predicted octanol–water partition coefficient (Wildman–Crippen LogP) is -1.18. The van der Waals surface area contributed by atoms with Gasteiger partial charge in [0.2, 0.25) is 17.7 Å². The minimum Gasteiger partial charge on any atom is -0.370 e. The Balaban J connectivity index is 1.83. The number of carbonyl (C=O) groups is 3. The number of carbonyl (C=O) groups excluding carboxylic acids is 3. The Bertz CT molecular complexity index is 882. The van der Waals surface area contributed by atoms with Crippen LogP contribution in [0.5, 0.6) is 0 Å². The maximum Gasteiger partial charge on any atom is 0.269 e. The molecule has 1 atom stereocenters. The van der Waals surface area contributed by atoms with Crippen LogP contribution in [-0.4, -0.2) is 63.4 Å². The van der Waals surface area contributed by atoms with Crippen molar-refractivity contribution in [1.29, 1.82) is 0 Å². The predicted molar refractivity (Wildman–Crippen MR) is 117 cm³/mol. The van der Waals surface area contributed by atoms with Gasteiger partial charge in [-0.05, 0) is 23.6 Å². The van der Waals surface area contributed by atoms with Gasteiger partial charge in [0.1, 0.15) is 6.04 Å². The summed E-state index contributed by atoms with van der Waals surface area (Å²) in [7, 11) is 0. The standard InChI is InChI=1S/C19H28N10O3/c20-18(21)23-11-5-4-10-22-17(32)14(12-13-6-2-1-3-7-13)24-15(30)8-9-16(31)25-19-26-28-29-27-19/h1-3,6-7,14H,4-5,8-12H2,(H,22,32)(H,24,30)(H4,20,21,23)(H2,25,26,27,28,29,31)/t14-/m0/s1. The molecule has 32 heavy (non-hydrogen) atoms. The molecule has 0 spiro atoms. The molecule has 0 fully saturated rings. The van der Waals surface area contributed by atoms with E-state index in [0.29, 0.717) is 32.4 Å². The lowest BCUT2D eigenvalue weighted by atomic mass is 10.0. The normalized spacial score (nSPS) is 11.2. The van der Waals surface area contributed by atoms with Crippen LogP contribution in [0, 0.1) is 0 Å². The molecule has 0 bridgehead atoms. The fourth-order valence-electron chi connectivity index (χ4n) is 2.73. The average molecular weight is 445 g/mol. The number of aromatic nitrogens is 4. The van der Waals surface area contributed by atoms with Gasteiger partial charge in [-0.3, -0.25) is 24.7 Å². The third kappa shape index (κ3) is 9.65. The number of anilines is 1. The van der Waals surface area contributed by atoms with Crippen molar-refractivity contribution in [3.63, 3.8) is 0 Å². The summed E-state index contributed by atoms with van der Waals surface area (Å²) in [5.41, 5.74) is 11.4. The van der Waals surface area contributed by atoms with Crippen molar-refractivity contribution >= 4 is 29.6 Å². The first-order valence-electron chi connectivity index (χ1n) is 10.1. The van der Waals surface area contributed by atoms with E-state index in [-0.39, 0.29) is 30.7 Å². The van der Waals surface area contributed by atoms with Crippen molar-refractivity contribution in [3.8, 4) is 0 Å². The first kappa shape index (κ1) is 24.2. The third-order valence-corrected chi connectivity index (χ3v) is 4.29. The minimum absolute atomic E-state index is 0.0246. The Morgan fingerprint density at radius 2 is 1.81 bits per heavy atom. The Morgan fingerprint density at radius 3 is 2.50 bits per heavy atom. The molecule has 1 aromatic carbocycles. The van der Waals surface area contributed by atoms with Gasteiger partial charge in [0.15, 0.2) is 5.96 Å². The van der Waals surface area contributed by atoms with Gasteiger partial charge >= 0.3 is 0 Å². The first-order chi connectivity index (χ1) is 15.4. The molecule has 13 heteroatoms. The number of rotatable bonds is 13. The van der Waals surface area contributed by atoms with E-state index in [0.717, 1.165) is 5.56 Å². The molecule has 0 unspecified atom stereocenters. The molecule has 0 saturated heterocycles. The number of hydrogen-bond acceptors (Lipinski definition) is 7. The maximum atomic E-state index is 12.7. The molecule has 2 rings (SSSR count). The highest BCUT2D eigenvalue weighted by molar-refractivity contribution is 5.93. The number of aromatic amines is 1. The summed E-state index contributed by atoms with van der Waals surface area (Å²) in [6, 6.07) is 8.56. The Morgan fingerprint density at radius 1 is 1.06 bits per heavy atom. The molecule has 0 aliphatic carbocycles. The Labute approximate surface area is 184 Å². The van der Waals surface area contributed by atoms with E-state index >= 15 is 0 Å². The van der Waals surface area contributed by atoms with Crippen LogP contribution >= 0.6 is 0 Å². The van der Waals surface area contributed by atoms with Crippen molar-refractivity contribution in [2.24, 2.45) is 16.5 Å². The zero-order valence-corrected chi connectivity index (χ0v) is 17.6. The number of guanidine groups is 1. The molecule has 3 amide bonds. The quantitative estimate of drug-likeness (QED) is 0.125.